The van der Waals surface area contributed by atoms with Gasteiger partial charge < -0.3 is 24.5 Å². The molecule has 1 amide bonds. The zero-order valence-electron chi connectivity index (χ0n) is 24.5. The van der Waals surface area contributed by atoms with E-state index in [4.69, 9.17) is 32.7 Å². The van der Waals surface area contributed by atoms with Gasteiger partial charge in [0.25, 0.3) is 0 Å². The zero-order valence-corrected chi connectivity index (χ0v) is 26.8. The molecule has 0 bridgehead atoms. The molecular formula is C30H41Cl2N3O6S. The molecule has 232 valence electrons. The lowest BCUT2D eigenvalue weighted by atomic mass is 9.85. The number of hydrogen-bond acceptors (Lipinski definition) is 7. The van der Waals surface area contributed by atoms with Crippen LogP contribution < -0.4 is 10.0 Å². The second kappa shape index (κ2) is 16.7. The zero-order chi connectivity index (χ0) is 30.7. The van der Waals surface area contributed by atoms with Crippen molar-refractivity contribution in [2.75, 3.05) is 53.1 Å². The Morgan fingerprint density at radius 1 is 1.07 bits per heavy atom. The topological polar surface area (TPSA) is 114 Å². The molecule has 42 heavy (non-hydrogen) atoms. The number of carbonyl (C=O) groups is 2. The first-order valence-electron chi connectivity index (χ1n) is 14.1. The van der Waals surface area contributed by atoms with Gasteiger partial charge in [-0.3, -0.25) is 4.79 Å². The molecule has 0 spiro atoms. The number of rotatable bonds is 17. The Labute approximate surface area is 259 Å². The number of carbonyl (C=O) groups excluding carboxylic acids is 2. The van der Waals surface area contributed by atoms with Crippen molar-refractivity contribution in [1.29, 1.82) is 0 Å². The Morgan fingerprint density at radius 3 is 2.50 bits per heavy atom. The molecule has 12 heteroatoms. The van der Waals surface area contributed by atoms with E-state index < -0.39 is 10.0 Å². The molecule has 0 saturated heterocycles. The van der Waals surface area contributed by atoms with Gasteiger partial charge in [-0.25, -0.2) is 13.1 Å². The van der Waals surface area contributed by atoms with Gasteiger partial charge in [0.1, 0.15) is 5.78 Å². The first-order valence-corrected chi connectivity index (χ1v) is 16.4. The lowest BCUT2D eigenvalue weighted by molar-refractivity contribution is -0.122. The first-order chi connectivity index (χ1) is 20.0. The minimum Gasteiger partial charge on any atom is -0.378 e. The minimum absolute atomic E-state index is 0.0623. The molecular weight excluding hydrogens is 601 g/mol. The number of likely N-dealkylation sites (N-methyl/N-ethyl adjacent to an activating group) is 1. The van der Waals surface area contributed by atoms with E-state index >= 15 is 0 Å². The smallest absolute Gasteiger partial charge is 0.240 e. The highest BCUT2D eigenvalue weighted by Crippen LogP contribution is 2.38. The second-order valence-corrected chi connectivity index (χ2v) is 13.4. The predicted molar refractivity (Wildman–Crippen MR) is 165 cm³/mol. The number of ketones is 1. The van der Waals surface area contributed by atoms with E-state index in [1.165, 1.54) is 0 Å². The van der Waals surface area contributed by atoms with Crippen molar-refractivity contribution in [1.82, 2.24) is 14.9 Å². The molecule has 1 heterocycles. The molecule has 1 unspecified atom stereocenters. The minimum atomic E-state index is -3.74. The van der Waals surface area contributed by atoms with E-state index in [1.54, 1.807) is 31.2 Å². The Balaban J connectivity index is 1.37. The van der Waals surface area contributed by atoms with E-state index in [0.717, 1.165) is 16.7 Å². The Kier molecular flexibility index (Phi) is 13.7. The number of halogens is 2. The van der Waals surface area contributed by atoms with E-state index in [9.17, 15) is 18.0 Å². The standard InChI is InChI=1S/C30H41Cl2N3O6S/c1-21(15-22(2)36)7-8-30(37)33-9-11-40-13-14-41-12-10-34-42(38,39)25-6-4-5-23(16-25)27-19-35(3)20-28-26(27)17-24(31)18-29(28)32/h4-6,16-18,21,27,34H,7-15,19-20H2,1-3H3,(H,33,37)/t21?,27-/m0/s1. The van der Waals surface area contributed by atoms with Gasteiger partial charge in [-0.2, -0.15) is 0 Å². The molecule has 2 aromatic carbocycles. The summed E-state index contributed by atoms with van der Waals surface area (Å²) in [5.41, 5.74) is 2.89. The number of amides is 1. The van der Waals surface area contributed by atoms with Gasteiger partial charge in [-0.15, -0.1) is 0 Å². The van der Waals surface area contributed by atoms with E-state index in [1.807, 2.05) is 26.1 Å². The SMILES string of the molecule is CC(=O)CC(C)CCC(=O)NCCOCCOCCNS(=O)(=O)c1cccc([C@@H]2CN(C)Cc3c(Cl)cc(Cl)cc32)c1. The molecule has 0 fully saturated rings. The third-order valence-corrected chi connectivity index (χ3v) is 9.06. The highest BCUT2D eigenvalue weighted by atomic mass is 35.5. The summed E-state index contributed by atoms with van der Waals surface area (Å²) in [7, 11) is -1.73. The van der Waals surface area contributed by atoms with Crippen LogP contribution in [0.25, 0.3) is 0 Å². The third-order valence-electron chi connectivity index (χ3n) is 7.04. The maximum absolute atomic E-state index is 13.0. The summed E-state index contributed by atoms with van der Waals surface area (Å²) in [4.78, 5) is 25.3. The lowest BCUT2D eigenvalue weighted by Gasteiger charge is -2.33. The molecule has 9 nitrogen and oxygen atoms in total. The van der Waals surface area contributed by atoms with Crippen LogP contribution in [0.5, 0.6) is 0 Å². The summed E-state index contributed by atoms with van der Waals surface area (Å²) in [6.07, 6.45) is 1.55. The van der Waals surface area contributed by atoms with Crippen LogP contribution in [-0.4, -0.2) is 78.1 Å². The summed E-state index contributed by atoms with van der Waals surface area (Å²) < 4.78 is 39.5. The van der Waals surface area contributed by atoms with Crippen LogP contribution in [0.4, 0.5) is 0 Å². The number of hydrogen-bond donors (Lipinski definition) is 2. The summed E-state index contributed by atoms with van der Waals surface area (Å²) in [6.45, 7) is 6.60. The second-order valence-electron chi connectivity index (χ2n) is 10.8. The van der Waals surface area contributed by atoms with Crippen LogP contribution in [0.15, 0.2) is 41.3 Å². The van der Waals surface area contributed by atoms with E-state index in [-0.39, 0.29) is 41.6 Å². The fourth-order valence-corrected chi connectivity index (χ4v) is 6.64. The average Bonchev–Trinajstić information content (AvgIpc) is 2.92. The summed E-state index contributed by atoms with van der Waals surface area (Å²) in [5, 5.41) is 3.96. The van der Waals surface area contributed by atoms with Gasteiger partial charge in [-0.05, 0) is 67.3 Å². The highest BCUT2D eigenvalue weighted by Gasteiger charge is 2.28. The van der Waals surface area contributed by atoms with Gasteiger partial charge >= 0.3 is 0 Å². The largest absolute Gasteiger partial charge is 0.378 e. The van der Waals surface area contributed by atoms with Crippen molar-refractivity contribution in [3.63, 3.8) is 0 Å². The average molecular weight is 643 g/mol. The Bertz CT molecular complexity index is 1320. The van der Waals surface area contributed by atoms with E-state index in [2.05, 4.69) is 14.9 Å². The molecule has 1 aliphatic rings. The lowest BCUT2D eigenvalue weighted by Crippen LogP contribution is -2.31. The maximum atomic E-state index is 13.0. The van der Waals surface area contributed by atoms with Gasteiger partial charge in [0, 0.05) is 55.0 Å². The maximum Gasteiger partial charge on any atom is 0.240 e. The van der Waals surface area contributed by atoms with Crippen molar-refractivity contribution in [3.8, 4) is 0 Å². The van der Waals surface area contributed by atoms with Gasteiger partial charge in [0.05, 0.1) is 31.3 Å². The summed E-state index contributed by atoms with van der Waals surface area (Å²) in [5.74, 6) is 0.197. The van der Waals surface area contributed by atoms with Crippen LogP contribution in [0.2, 0.25) is 10.0 Å². The predicted octanol–water partition coefficient (Wildman–Crippen LogP) is 4.39. The number of nitrogens with one attached hydrogen (secondary N) is 2. The number of ether oxygens (including phenoxy) is 2. The fraction of sp³-hybridized carbons (Fsp3) is 0.533. The Morgan fingerprint density at radius 2 is 1.79 bits per heavy atom. The van der Waals surface area contributed by atoms with Crippen LogP contribution >= 0.6 is 23.2 Å². The normalized spacial score (nSPS) is 16.2. The molecule has 0 radical (unpaired) electrons. The van der Waals surface area contributed by atoms with Crippen molar-refractivity contribution in [3.05, 3.63) is 63.1 Å². The van der Waals surface area contributed by atoms with Crippen LogP contribution in [-0.2, 0) is 35.6 Å². The number of Topliss-reactive ketones (excluding diaryl/α,β-unsaturated/α-hetero) is 1. The van der Waals surface area contributed by atoms with E-state index in [0.29, 0.717) is 68.8 Å². The quantitative estimate of drug-likeness (QED) is 0.246. The molecule has 0 aromatic heterocycles. The van der Waals surface area contributed by atoms with Crippen LogP contribution in [0.3, 0.4) is 0 Å². The molecule has 1 aliphatic heterocycles. The van der Waals surface area contributed by atoms with Gasteiger partial charge in [0.2, 0.25) is 15.9 Å². The van der Waals surface area contributed by atoms with Crippen molar-refractivity contribution >= 4 is 44.9 Å². The summed E-state index contributed by atoms with van der Waals surface area (Å²) in [6, 6.07) is 10.6. The fourth-order valence-electron chi connectivity index (χ4n) is 5.00. The number of benzene rings is 2. The number of sulfonamides is 1. The molecule has 2 aromatic rings. The van der Waals surface area contributed by atoms with Crippen molar-refractivity contribution in [2.24, 2.45) is 5.92 Å². The number of fused-ring (bicyclic) bond motifs is 1. The van der Waals surface area contributed by atoms with Gasteiger partial charge in [-0.1, -0.05) is 42.3 Å². The molecule has 2 atom stereocenters. The highest BCUT2D eigenvalue weighted by molar-refractivity contribution is 7.89. The summed E-state index contributed by atoms with van der Waals surface area (Å²) >= 11 is 12.8. The molecule has 2 N–H and O–H groups in total. The molecule has 3 rings (SSSR count). The Hall–Kier alpha value is -2.05. The monoisotopic (exact) mass is 641 g/mol. The number of nitrogens with zero attached hydrogens (tertiary/aromatic N) is 1. The molecule has 0 aliphatic carbocycles. The first kappa shape index (κ1) is 34.4. The third kappa shape index (κ3) is 10.9. The van der Waals surface area contributed by atoms with Crippen LogP contribution in [0, 0.1) is 5.92 Å². The molecule has 0 saturated carbocycles. The van der Waals surface area contributed by atoms with Gasteiger partial charge in [0.15, 0.2) is 0 Å². The van der Waals surface area contributed by atoms with Crippen LogP contribution in [0.1, 0.15) is 55.7 Å². The van der Waals surface area contributed by atoms with Crippen molar-refractivity contribution < 1.29 is 27.5 Å². The van der Waals surface area contributed by atoms with Crippen molar-refractivity contribution in [2.45, 2.75) is 50.5 Å².